The van der Waals surface area contributed by atoms with E-state index in [4.69, 9.17) is 37.9 Å². The molecule has 2 heterocycles. The molecule has 13 nitrogen and oxygen atoms in total. The molecule has 2 rings (SSSR count). The van der Waals surface area contributed by atoms with E-state index in [9.17, 15) is 24.6 Å². The Morgan fingerprint density at radius 2 is 1.27 bits per heavy atom. The Bertz CT molecular complexity index is 685. The molecule has 0 aromatic rings. The average molecular weight is 480 g/mol. The van der Waals surface area contributed by atoms with E-state index in [0.717, 1.165) is 13.8 Å². The summed E-state index contributed by atoms with van der Waals surface area (Å²) < 4.78 is 43.9. The highest BCUT2D eigenvalue weighted by atomic mass is 16.8. The minimum Gasteiger partial charge on any atom is -0.456 e. The molecule has 0 spiro atoms. The normalized spacial score (nSPS) is 38.9. The molecular formula is C20H32O13. The zero-order chi connectivity index (χ0) is 24.9. The molecule has 2 aliphatic heterocycles. The molecule has 2 aliphatic rings. The summed E-state index contributed by atoms with van der Waals surface area (Å²) in [6.45, 7) is 4.46. The van der Waals surface area contributed by atoms with Gasteiger partial charge in [-0.25, -0.2) is 0 Å². The van der Waals surface area contributed by atoms with Crippen molar-refractivity contribution in [1.82, 2.24) is 0 Å². The molecule has 0 radical (unpaired) electrons. The summed E-state index contributed by atoms with van der Waals surface area (Å²) in [6, 6.07) is 0. The fourth-order valence-corrected chi connectivity index (χ4v) is 3.96. The van der Waals surface area contributed by atoms with Crippen molar-refractivity contribution in [3.8, 4) is 0 Å². The van der Waals surface area contributed by atoms with Gasteiger partial charge in [0.15, 0.2) is 30.9 Å². The molecule has 0 saturated carbocycles. The molecule has 0 aromatic heterocycles. The number of hydrogen-bond acceptors (Lipinski definition) is 13. The number of aliphatic hydroxyl groups excluding tert-OH is 2. The Balaban J connectivity index is 2.41. The fraction of sp³-hybridized carbons (Fsp3) is 0.850. The minimum absolute atomic E-state index is 0.554. The van der Waals surface area contributed by atoms with Crippen LogP contribution in [0.3, 0.4) is 0 Å². The Morgan fingerprint density at radius 3 is 1.76 bits per heavy atom. The lowest BCUT2D eigenvalue weighted by Gasteiger charge is -2.48. The number of hydrogen-bond donors (Lipinski definition) is 2. The van der Waals surface area contributed by atoms with Crippen LogP contribution in [0.15, 0.2) is 0 Å². The highest BCUT2D eigenvalue weighted by molar-refractivity contribution is 5.68. The highest BCUT2D eigenvalue weighted by Gasteiger charge is 2.54. The Morgan fingerprint density at radius 1 is 0.758 bits per heavy atom. The van der Waals surface area contributed by atoms with Crippen LogP contribution >= 0.6 is 0 Å². The lowest BCUT2D eigenvalue weighted by Crippen LogP contribution is -2.65. The van der Waals surface area contributed by atoms with E-state index in [1.54, 1.807) is 6.92 Å². The molecule has 10 atom stereocenters. The van der Waals surface area contributed by atoms with Gasteiger partial charge in [0, 0.05) is 35.0 Å². The molecule has 2 fully saturated rings. The number of rotatable bonds is 8. The Hall–Kier alpha value is -1.87. The SMILES string of the molecule is CO[C@@H]1[C@@H](OC)[C@@H](O)O[C@H](CO)[C@H]1O[C@@H]1O[C@@H](C)[C@H](OC(C)=O)[C@@H](OC(C)=O)[C@H]1OC(C)=O. The van der Waals surface area contributed by atoms with Crippen molar-refractivity contribution in [3.63, 3.8) is 0 Å². The van der Waals surface area contributed by atoms with Crippen LogP contribution in [0.25, 0.3) is 0 Å². The Kier molecular flexibility index (Phi) is 9.97. The van der Waals surface area contributed by atoms with Gasteiger partial charge in [0.1, 0.15) is 24.4 Å². The van der Waals surface area contributed by atoms with Crippen LogP contribution < -0.4 is 0 Å². The maximum absolute atomic E-state index is 11.8. The van der Waals surface area contributed by atoms with Crippen LogP contribution in [0.4, 0.5) is 0 Å². The third-order valence-corrected chi connectivity index (χ3v) is 5.26. The summed E-state index contributed by atoms with van der Waals surface area (Å²) in [7, 11) is 2.69. The third kappa shape index (κ3) is 6.59. The van der Waals surface area contributed by atoms with Crippen LogP contribution in [0.5, 0.6) is 0 Å². The maximum Gasteiger partial charge on any atom is 0.303 e. The van der Waals surface area contributed by atoms with Gasteiger partial charge in [-0.3, -0.25) is 14.4 Å². The zero-order valence-electron chi connectivity index (χ0n) is 19.4. The Labute approximate surface area is 191 Å². The molecular weight excluding hydrogens is 448 g/mol. The number of aliphatic hydroxyl groups is 2. The van der Waals surface area contributed by atoms with Crippen LogP contribution in [0, 0.1) is 0 Å². The van der Waals surface area contributed by atoms with Gasteiger partial charge < -0.3 is 48.1 Å². The standard InChI is InChI=1S/C20H32O13/c1-8-13(29-9(2)22)16(30-10(3)23)18(31-11(4)24)20(28-8)33-14-12(7-21)32-19(25)17(27-6)15(14)26-5/h8,12-21,25H,7H2,1-6H3/t8-,12+,13-,14+,15-,16+,17+,18+,19-,20-/m0/s1. The van der Waals surface area contributed by atoms with Gasteiger partial charge >= 0.3 is 17.9 Å². The molecule has 33 heavy (non-hydrogen) atoms. The van der Waals surface area contributed by atoms with Gasteiger partial charge in [-0.15, -0.1) is 0 Å². The first-order valence-electron chi connectivity index (χ1n) is 10.4. The van der Waals surface area contributed by atoms with E-state index in [0.29, 0.717) is 0 Å². The second-order valence-corrected chi connectivity index (χ2v) is 7.68. The van der Waals surface area contributed by atoms with Crippen molar-refractivity contribution in [2.75, 3.05) is 20.8 Å². The number of methoxy groups -OCH3 is 2. The van der Waals surface area contributed by atoms with Crippen molar-refractivity contribution < 1.29 is 62.5 Å². The largest absolute Gasteiger partial charge is 0.456 e. The van der Waals surface area contributed by atoms with Crippen LogP contribution in [-0.4, -0.2) is 110 Å². The van der Waals surface area contributed by atoms with E-state index in [1.807, 2.05) is 0 Å². The van der Waals surface area contributed by atoms with Crippen LogP contribution in [-0.2, 0) is 52.3 Å². The first-order chi connectivity index (χ1) is 15.5. The number of carbonyl (C=O) groups excluding carboxylic acids is 3. The molecule has 0 aromatic carbocycles. The maximum atomic E-state index is 11.8. The summed E-state index contributed by atoms with van der Waals surface area (Å²) >= 11 is 0. The predicted molar refractivity (Wildman–Crippen MR) is 105 cm³/mol. The number of carbonyl (C=O) groups is 3. The van der Waals surface area contributed by atoms with Gasteiger partial charge in [-0.2, -0.15) is 0 Å². The summed E-state index contributed by atoms with van der Waals surface area (Å²) in [4.78, 5) is 35.3. The minimum atomic E-state index is -1.41. The molecule has 190 valence electrons. The van der Waals surface area contributed by atoms with Gasteiger partial charge in [0.05, 0.1) is 12.7 Å². The second-order valence-electron chi connectivity index (χ2n) is 7.68. The van der Waals surface area contributed by atoms with Gasteiger partial charge in [-0.05, 0) is 6.92 Å². The molecule has 0 amide bonds. The first kappa shape index (κ1) is 27.4. The molecule has 2 saturated heterocycles. The molecule has 13 heteroatoms. The fourth-order valence-electron chi connectivity index (χ4n) is 3.96. The zero-order valence-corrected chi connectivity index (χ0v) is 19.4. The number of ether oxygens (including phenoxy) is 8. The quantitative estimate of drug-likeness (QED) is 0.310. The smallest absolute Gasteiger partial charge is 0.303 e. The monoisotopic (exact) mass is 480 g/mol. The number of esters is 3. The van der Waals surface area contributed by atoms with E-state index in [1.165, 1.54) is 21.1 Å². The van der Waals surface area contributed by atoms with E-state index >= 15 is 0 Å². The molecule has 0 unspecified atom stereocenters. The molecule has 0 bridgehead atoms. The molecule has 0 aliphatic carbocycles. The first-order valence-corrected chi connectivity index (χ1v) is 10.4. The molecule has 2 N–H and O–H groups in total. The van der Waals surface area contributed by atoms with E-state index in [2.05, 4.69) is 0 Å². The van der Waals surface area contributed by atoms with Gasteiger partial charge in [0.2, 0.25) is 0 Å². The van der Waals surface area contributed by atoms with Crippen LogP contribution in [0.1, 0.15) is 27.7 Å². The van der Waals surface area contributed by atoms with E-state index in [-0.39, 0.29) is 0 Å². The average Bonchev–Trinajstić information content (AvgIpc) is 2.72. The topological polar surface area (TPSA) is 166 Å². The third-order valence-electron chi connectivity index (χ3n) is 5.26. The lowest BCUT2D eigenvalue weighted by molar-refractivity contribution is -0.356. The van der Waals surface area contributed by atoms with Crippen molar-refractivity contribution in [2.24, 2.45) is 0 Å². The lowest BCUT2D eigenvalue weighted by atomic mass is 9.96. The van der Waals surface area contributed by atoms with Gasteiger partial charge in [0.25, 0.3) is 0 Å². The summed E-state index contributed by atoms with van der Waals surface area (Å²) in [5.41, 5.74) is 0. The van der Waals surface area contributed by atoms with E-state index < -0.39 is 85.9 Å². The van der Waals surface area contributed by atoms with Crippen molar-refractivity contribution in [2.45, 2.75) is 89.1 Å². The van der Waals surface area contributed by atoms with Crippen molar-refractivity contribution in [1.29, 1.82) is 0 Å². The van der Waals surface area contributed by atoms with Crippen molar-refractivity contribution in [3.05, 3.63) is 0 Å². The van der Waals surface area contributed by atoms with Gasteiger partial charge in [-0.1, -0.05) is 0 Å². The second kappa shape index (κ2) is 12.0. The summed E-state index contributed by atoms with van der Waals surface area (Å²) in [5.74, 6) is -2.11. The highest BCUT2D eigenvalue weighted by Crippen LogP contribution is 2.33. The predicted octanol–water partition coefficient (Wildman–Crippen LogP) is -1.35. The summed E-state index contributed by atoms with van der Waals surface area (Å²) in [5, 5.41) is 20.0. The summed E-state index contributed by atoms with van der Waals surface area (Å²) in [6.07, 6.45) is -11.3. The van der Waals surface area contributed by atoms with Crippen LogP contribution in [0.2, 0.25) is 0 Å². The van der Waals surface area contributed by atoms with Crippen molar-refractivity contribution >= 4 is 17.9 Å².